The molecule has 2 aromatic carbocycles. The first-order valence-corrected chi connectivity index (χ1v) is 6.67. The molecule has 0 aromatic heterocycles. The van der Waals surface area contributed by atoms with E-state index in [0.717, 1.165) is 11.6 Å². The van der Waals surface area contributed by atoms with Crippen LogP contribution in [0.1, 0.15) is 5.56 Å². The highest BCUT2D eigenvalue weighted by molar-refractivity contribution is 6.31. The fourth-order valence-corrected chi connectivity index (χ4v) is 2.03. The summed E-state index contributed by atoms with van der Waals surface area (Å²) >= 11 is 5.65. The Kier molecular flexibility index (Phi) is 4.91. The molecule has 0 radical (unpaired) electrons. The molecule has 2 rings (SSSR count). The summed E-state index contributed by atoms with van der Waals surface area (Å²) in [7, 11) is 0. The Hall–Kier alpha value is -2.38. The van der Waals surface area contributed by atoms with Gasteiger partial charge in [-0.15, -0.1) is 0 Å². The van der Waals surface area contributed by atoms with Crippen LogP contribution in [0.2, 0.25) is 5.02 Å². The molecule has 2 aromatic rings. The zero-order chi connectivity index (χ0) is 15.2. The monoisotopic (exact) mass is 302 g/mol. The van der Waals surface area contributed by atoms with E-state index in [-0.39, 0.29) is 5.02 Å². The molecule has 1 atom stereocenters. The number of anilines is 1. The number of hydrogen-bond acceptors (Lipinski definition) is 2. The van der Waals surface area contributed by atoms with Crippen molar-refractivity contribution >= 4 is 23.2 Å². The van der Waals surface area contributed by atoms with Crippen LogP contribution in [0, 0.1) is 23.1 Å². The lowest BCUT2D eigenvalue weighted by Crippen LogP contribution is -2.23. The van der Waals surface area contributed by atoms with E-state index >= 15 is 0 Å². The van der Waals surface area contributed by atoms with E-state index < -0.39 is 17.6 Å². The highest BCUT2D eigenvalue weighted by Gasteiger charge is 2.18. The first kappa shape index (κ1) is 15.0. The minimum absolute atomic E-state index is 0.0793. The van der Waals surface area contributed by atoms with Gasteiger partial charge < -0.3 is 5.32 Å². The highest BCUT2D eigenvalue weighted by Crippen LogP contribution is 2.20. The summed E-state index contributed by atoms with van der Waals surface area (Å²) in [6, 6.07) is 15.1. The fraction of sp³-hybridized carbons (Fsp3) is 0.125. The SMILES string of the molecule is N#CC(Cc1ccccc1)C(=O)Nc1ccc(F)c(Cl)c1. The number of amides is 1. The van der Waals surface area contributed by atoms with Gasteiger partial charge in [0.15, 0.2) is 0 Å². The topological polar surface area (TPSA) is 52.9 Å². The number of nitrogens with one attached hydrogen (secondary N) is 1. The largest absolute Gasteiger partial charge is 0.325 e. The minimum atomic E-state index is -0.823. The van der Waals surface area contributed by atoms with Crippen LogP contribution in [0.15, 0.2) is 48.5 Å². The van der Waals surface area contributed by atoms with Crippen molar-refractivity contribution in [2.45, 2.75) is 6.42 Å². The predicted molar refractivity (Wildman–Crippen MR) is 79.3 cm³/mol. The number of halogens is 2. The molecule has 1 N–H and O–H groups in total. The van der Waals surface area contributed by atoms with Crippen molar-refractivity contribution < 1.29 is 9.18 Å². The summed E-state index contributed by atoms with van der Waals surface area (Å²) in [5.41, 5.74) is 1.26. The molecule has 0 spiro atoms. The lowest BCUT2D eigenvalue weighted by molar-refractivity contribution is -0.118. The van der Waals surface area contributed by atoms with Gasteiger partial charge in [-0.2, -0.15) is 5.26 Å². The van der Waals surface area contributed by atoms with Gasteiger partial charge in [0.05, 0.1) is 11.1 Å². The third-order valence-corrected chi connectivity index (χ3v) is 3.23. The van der Waals surface area contributed by atoms with Gasteiger partial charge in [0.1, 0.15) is 11.7 Å². The van der Waals surface area contributed by atoms with E-state index in [1.807, 2.05) is 36.4 Å². The third kappa shape index (κ3) is 4.04. The van der Waals surface area contributed by atoms with Crippen molar-refractivity contribution in [3.05, 3.63) is 64.9 Å². The highest BCUT2D eigenvalue weighted by atomic mass is 35.5. The van der Waals surface area contributed by atoms with E-state index in [0.29, 0.717) is 12.1 Å². The lowest BCUT2D eigenvalue weighted by atomic mass is 10.00. The molecular formula is C16H12ClFN2O. The molecule has 3 nitrogen and oxygen atoms in total. The maximum Gasteiger partial charge on any atom is 0.242 e. The molecule has 0 saturated carbocycles. The van der Waals surface area contributed by atoms with Crippen LogP contribution in [0.4, 0.5) is 10.1 Å². The van der Waals surface area contributed by atoms with Gasteiger partial charge in [0.25, 0.3) is 0 Å². The lowest BCUT2D eigenvalue weighted by Gasteiger charge is -2.10. The fourth-order valence-electron chi connectivity index (χ4n) is 1.85. The average molecular weight is 303 g/mol. The van der Waals surface area contributed by atoms with Crippen molar-refractivity contribution in [3.63, 3.8) is 0 Å². The number of nitriles is 1. The van der Waals surface area contributed by atoms with Crippen molar-refractivity contribution in [1.82, 2.24) is 0 Å². The Morgan fingerprint density at radius 2 is 2.00 bits per heavy atom. The smallest absolute Gasteiger partial charge is 0.242 e. The van der Waals surface area contributed by atoms with Gasteiger partial charge in [0, 0.05) is 5.69 Å². The van der Waals surface area contributed by atoms with Crippen LogP contribution < -0.4 is 5.32 Å². The molecule has 0 saturated heterocycles. The minimum Gasteiger partial charge on any atom is -0.325 e. The third-order valence-electron chi connectivity index (χ3n) is 2.94. The number of benzene rings is 2. The maximum absolute atomic E-state index is 13.1. The molecule has 106 valence electrons. The number of nitrogens with zero attached hydrogens (tertiary/aromatic N) is 1. The number of rotatable bonds is 4. The van der Waals surface area contributed by atoms with Gasteiger partial charge in [-0.1, -0.05) is 41.9 Å². The zero-order valence-corrected chi connectivity index (χ0v) is 11.8. The molecule has 21 heavy (non-hydrogen) atoms. The summed E-state index contributed by atoms with van der Waals surface area (Å²) < 4.78 is 13.1. The second kappa shape index (κ2) is 6.87. The van der Waals surface area contributed by atoms with Crippen LogP contribution in [-0.4, -0.2) is 5.91 Å². The molecule has 1 amide bonds. The Balaban J connectivity index is 2.07. The molecule has 0 bridgehead atoms. The number of carbonyl (C=O) groups is 1. The zero-order valence-electron chi connectivity index (χ0n) is 11.0. The molecule has 0 aliphatic rings. The second-order valence-corrected chi connectivity index (χ2v) is 4.90. The van der Waals surface area contributed by atoms with Gasteiger partial charge in [-0.3, -0.25) is 4.79 Å². The van der Waals surface area contributed by atoms with E-state index in [4.69, 9.17) is 16.9 Å². The normalized spacial score (nSPS) is 11.5. The Labute approximate surface area is 127 Å². The van der Waals surface area contributed by atoms with Crippen LogP contribution in [0.5, 0.6) is 0 Å². The second-order valence-electron chi connectivity index (χ2n) is 4.49. The molecule has 0 heterocycles. The standard InChI is InChI=1S/C16H12ClFN2O/c17-14-9-13(6-7-15(14)18)20-16(21)12(10-19)8-11-4-2-1-3-5-11/h1-7,9,12H,8H2,(H,20,21). The van der Waals surface area contributed by atoms with Crippen LogP contribution >= 0.6 is 11.6 Å². The molecular weight excluding hydrogens is 291 g/mol. The molecule has 1 unspecified atom stereocenters. The molecule has 0 fully saturated rings. The van der Waals surface area contributed by atoms with Gasteiger partial charge in [-0.05, 0) is 30.2 Å². The Bertz CT molecular complexity index is 682. The summed E-state index contributed by atoms with van der Waals surface area (Å²) in [5.74, 6) is -1.82. The predicted octanol–water partition coefficient (Wildman–Crippen LogP) is 3.80. The summed E-state index contributed by atoms with van der Waals surface area (Å²) in [6.45, 7) is 0. The Morgan fingerprint density at radius 1 is 1.29 bits per heavy atom. The first-order valence-electron chi connectivity index (χ1n) is 6.29. The summed E-state index contributed by atoms with van der Waals surface area (Å²) in [5, 5.41) is 11.6. The van der Waals surface area contributed by atoms with Crippen molar-refractivity contribution in [2.24, 2.45) is 5.92 Å². The van der Waals surface area contributed by atoms with Crippen molar-refractivity contribution in [1.29, 1.82) is 5.26 Å². The quantitative estimate of drug-likeness (QED) is 0.934. The van der Waals surface area contributed by atoms with Crippen molar-refractivity contribution in [3.8, 4) is 6.07 Å². The van der Waals surface area contributed by atoms with Gasteiger partial charge in [-0.25, -0.2) is 4.39 Å². The van der Waals surface area contributed by atoms with Crippen molar-refractivity contribution in [2.75, 3.05) is 5.32 Å². The summed E-state index contributed by atoms with van der Waals surface area (Å²) in [4.78, 5) is 12.1. The maximum atomic E-state index is 13.1. The molecule has 0 aliphatic carbocycles. The Morgan fingerprint density at radius 3 is 2.62 bits per heavy atom. The average Bonchev–Trinajstić information content (AvgIpc) is 2.49. The summed E-state index contributed by atoms with van der Waals surface area (Å²) in [6.07, 6.45) is 0.318. The van der Waals surface area contributed by atoms with E-state index in [1.54, 1.807) is 0 Å². The van der Waals surface area contributed by atoms with Crippen LogP contribution in [-0.2, 0) is 11.2 Å². The number of carbonyl (C=O) groups excluding carboxylic acids is 1. The van der Waals surface area contributed by atoms with Gasteiger partial charge >= 0.3 is 0 Å². The van der Waals surface area contributed by atoms with E-state index in [9.17, 15) is 9.18 Å². The van der Waals surface area contributed by atoms with Gasteiger partial charge in [0.2, 0.25) is 5.91 Å². The van der Waals surface area contributed by atoms with Crippen LogP contribution in [0.25, 0.3) is 0 Å². The molecule has 0 aliphatic heterocycles. The first-order chi connectivity index (χ1) is 10.1. The molecule has 5 heteroatoms. The number of hydrogen-bond donors (Lipinski definition) is 1. The van der Waals surface area contributed by atoms with E-state index in [2.05, 4.69) is 5.32 Å². The van der Waals surface area contributed by atoms with E-state index in [1.165, 1.54) is 12.1 Å². The van der Waals surface area contributed by atoms with Crippen LogP contribution in [0.3, 0.4) is 0 Å².